The predicted molar refractivity (Wildman–Crippen MR) is 95.7 cm³/mol. The molecule has 24 heavy (non-hydrogen) atoms. The van der Waals surface area contributed by atoms with Gasteiger partial charge in [0, 0.05) is 5.56 Å². The molecule has 1 aliphatic rings. The molecular weight excluding hydrogens is 303 g/mol. The number of nitrogens with one attached hydrogen (secondary N) is 1. The van der Waals surface area contributed by atoms with Crippen molar-refractivity contribution in [3.63, 3.8) is 0 Å². The zero-order valence-electron chi connectivity index (χ0n) is 13.7. The molecule has 1 N–H and O–H groups in total. The van der Waals surface area contributed by atoms with Crippen LogP contribution in [0, 0.1) is 5.82 Å². The van der Waals surface area contributed by atoms with Gasteiger partial charge >= 0.3 is 0 Å². The number of hydrazone groups is 1. The molecule has 1 fully saturated rings. The number of halogens is 1. The highest BCUT2D eigenvalue weighted by Gasteiger charge is 2.14. The number of nitrogens with zero attached hydrogens (tertiary/aromatic N) is 1. The predicted octanol–water partition coefficient (Wildman–Crippen LogP) is 5.12. The Hall–Kier alpha value is -2.20. The van der Waals surface area contributed by atoms with E-state index in [1.807, 2.05) is 30.3 Å². The standard InChI is InChI=1S/C20H23FN2O/c21-18-12-11-16(14-22-23-19-7-3-1-4-8-19)17(13-18)15-24-20-9-5-2-6-10-20/h1,3-4,7-8,11-14,20,23H,2,5-6,9-10,15H2. The van der Waals surface area contributed by atoms with Crippen LogP contribution in [0.1, 0.15) is 43.2 Å². The van der Waals surface area contributed by atoms with Gasteiger partial charge < -0.3 is 4.74 Å². The first-order valence-electron chi connectivity index (χ1n) is 8.55. The second-order valence-corrected chi connectivity index (χ2v) is 6.15. The molecule has 0 spiro atoms. The molecule has 3 rings (SSSR count). The topological polar surface area (TPSA) is 33.6 Å². The quantitative estimate of drug-likeness (QED) is 0.590. The summed E-state index contributed by atoms with van der Waals surface area (Å²) in [7, 11) is 0. The van der Waals surface area contributed by atoms with Crippen molar-refractivity contribution in [2.24, 2.45) is 5.10 Å². The minimum absolute atomic E-state index is 0.245. The Morgan fingerprint density at radius 2 is 1.88 bits per heavy atom. The summed E-state index contributed by atoms with van der Waals surface area (Å²) < 4.78 is 19.6. The second kappa shape index (κ2) is 8.60. The average molecular weight is 326 g/mol. The van der Waals surface area contributed by atoms with Gasteiger partial charge in [0.15, 0.2) is 0 Å². The largest absolute Gasteiger partial charge is 0.374 e. The van der Waals surface area contributed by atoms with Crippen LogP contribution in [-0.4, -0.2) is 12.3 Å². The SMILES string of the molecule is Fc1ccc(C=NNc2ccccc2)c(COC2CCCCC2)c1. The van der Waals surface area contributed by atoms with E-state index >= 15 is 0 Å². The Morgan fingerprint density at radius 1 is 1.08 bits per heavy atom. The molecule has 0 amide bonds. The van der Waals surface area contributed by atoms with E-state index in [-0.39, 0.29) is 5.82 Å². The third-order valence-corrected chi connectivity index (χ3v) is 4.30. The van der Waals surface area contributed by atoms with Crippen LogP contribution in [0.2, 0.25) is 0 Å². The highest BCUT2D eigenvalue weighted by molar-refractivity contribution is 5.82. The summed E-state index contributed by atoms with van der Waals surface area (Å²) in [6.45, 7) is 0.426. The Labute approximate surface area is 142 Å². The highest BCUT2D eigenvalue weighted by Crippen LogP contribution is 2.22. The molecule has 126 valence electrons. The number of benzene rings is 2. The lowest BCUT2D eigenvalue weighted by molar-refractivity contribution is 0.0167. The number of anilines is 1. The lowest BCUT2D eigenvalue weighted by Crippen LogP contribution is -2.16. The second-order valence-electron chi connectivity index (χ2n) is 6.15. The number of ether oxygens (including phenoxy) is 1. The summed E-state index contributed by atoms with van der Waals surface area (Å²) in [4.78, 5) is 0. The molecule has 0 heterocycles. The van der Waals surface area contributed by atoms with Crippen LogP contribution in [0.4, 0.5) is 10.1 Å². The van der Waals surface area contributed by atoms with E-state index in [2.05, 4.69) is 10.5 Å². The molecule has 0 saturated heterocycles. The normalized spacial score (nSPS) is 15.7. The highest BCUT2D eigenvalue weighted by atomic mass is 19.1. The summed E-state index contributed by atoms with van der Waals surface area (Å²) in [5, 5.41) is 4.24. The van der Waals surface area contributed by atoms with Gasteiger partial charge in [-0.15, -0.1) is 0 Å². The molecule has 0 unspecified atom stereocenters. The van der Waals surface area contributed by atoms with Crippen molar-refractivity contribution < 1.29 is 9.13 Å². The van der Waals surface area contributed by atoms with Crippen LogP contribution in [0.15, 0.2) is 53.6 Å². The molecule has 0 radical (unpaired) electrons. The van der Waals surface area contributed by atoms with Crippen molar-refractivity contribution in [3.8, 4) is 0 Å². The molecule has 0 aromatic heterocycles. The Morgan fingerprint density at radius 3 is 2.67 bits per heavy atom. The van der Waals surface area contributed by atoms with E-state index in [9.17, 15) is 4.39 Å². The van der Waals surface area contributed by atoms with Gasteiger partial charge in [0.2, 0.25) is 0 Å². The Balaban J connectivity index is 1.63. The summed E-state index contributed by atoms with van der Waals surface area (Å²) >= 11 is 0. The van der Waals surface area contributed by atoms with Crippen molar-refractivity contribution in [2.45, 2.75) is 44.8 Å². The maximum Gasteiger partial charge on any atom is 0.123 e. The molecule has 1 aliphatic carbocycles. The van der Waals surface area contributed by atoms with Crippen LogP contribution in [-0.2, 0) is 11.3 Å². The Bertz CT molecular complexity index is 667. The fourth-order valence-corrected chi connectivity index (χ4v) is 2.95. The van der Waals surface area contributed by atoms with E-state index in [0.717, 1.165) is 29.7 Å². The minimum Gasteiger partial charge on any atom is -0.374 e. The zero-order valence-corrected chi connectivity index (χ0v) is 13.7. The van der Waals surface area contributed by atoms with E-state index in [1.54, 1.807) is 12.3 Å². The maximum absolute atomic E-state index is 13.6. The number of rotatable bonds is 6. The molecular formula is C20H23FN2O. The van der Waals surface area contributed by atoms with Gasteiger partial charge in [-0.2, -0.15) is 5.10 Å². The fourth-order valence-electron chi connectivity index (χ4n) is 2.95. The minimum atomic E-state index is -0.245. The van der Waals surface area contributed by atoms with Gasteiger partial charge in [-0.3, -0.25) is 5.43 Å². The summed E-state index contributed by atoms with van der Waals surface area (Å²) in [5.74, 6) is -0.245. The van der Waals surface area contributed by atoms with Gasteiger partial charge in [-0.25, -0.2) is 4.39 Å². The van der Waals surface area contributed by atoms with Crippen molar-refractivity contribution in [2.75, 3.05) is 5.43 Å². The lowest BCUT2D eigenvalue weighted by atomic mass is 9.98. The molecule has 2 aromatic carbocycles. The maximum atomic E-state index is 13.6. The lowest BCUT2D eigenvalue weighted by Gasteiger charge is -2.22. The van der Waals surface area contributed by atoms with E-state index in [4.69, 9.17) is 4.74 Å². The average Bonchev–Trinajstić information content (AvgIpc) is 2.63. The van der Waals surface area contributed by atoms with E-state index in [0.29, 0.717) is 12.7 Å². The van der Waals surface area contributed by atoms with Crippen molar-refractivity contribution in [1.29, 1.82) is 0 Å². The van der Waals surface area contributed by atoms with Crippen LogP contribution in [0.3, 0.4) is 0 Å². The van der Waals surface area contributed by atoms with Crippen molar-refractivity contribution in [1.82, 2.24) is 0 Å². The first-order valence-corrected chi connectivity index (χ1v) is 8.55. The third-order valence-electron chi connectivity index (χ3n) is 4.30. The van der Waals surface area contributed by atoms with Gasteiger partial charge in [-0.1, -0.05) is 43.5 Å². The smallest absolute Gasteiger partial charge is 0.123 e. The monoisotopic (exact) mass is 326 g/mol. The van der Waals surface area contributed by atoms with Gasteiger partial charge in [-0.05, 0) is 42.7 Å². The molecule has 0 aliphatic heterocycles. The van der Waals surface area contributed by atoms with E-state index < -0.39 is 0 Å². The van der Waals surface area contributed by atoms with Crippen LogP contribution >= 0.6 is 0 Å². The molecule has 0 atom stereocenters. The van der Waals surface area contributed by atoms with Gasteiger partial charge in [0.25, 0.3) is 0 Å². The molecule has 0 bridgehead atoms. The summed E-state index contributed by atoms with van der Waals surface area (Å²) in [6.07, 6.45) is 7.97. The first kappa shape index (κ1) is 16.7. The number of para-hydroxylation sites is 1. The molecule has 1 saturated carbocycles. The summed E-state index contributed by atoms with van der Waals surface area (Å²) in [5.41, 5.74) is 5.59. The fraction of sp³-hybridized carbons (Fsp3) is 0.350. The van der Waals surface area contributed by atoms with Crippen molar-refractivity contribution >= 4 is 11.9 Å². The van der Waals surface area contributed by atoms with Crippen LogP contribution in [0.25, 0.3) is 0 Å². The van der Waals surface area contributed by atoms with Gasteiger partial charge in [0.05, 0.1) is 24.6 Å². The number of hydrogen-bond acceptors (Lipinski definition) is 3. The Kier molecular flexibility index (Phi) is 5.96. The zero-order chi connectivity index (χ0) is 16.6. The van der Waals surface area contributed by atoms with Crippen LogP contribution in [0.5, 0.6) is 0 Å². The first-order chi connectivity index (χ1) is 11.8. The van der Waals surface area contributed by atoms with Crippen LogP contribution < -0.4 is 5.43 Å². The number of hydrogen-bond donors (Lipinski definition) is 1. The van der Waals surface area contributed by atoms with E-state index in [1.165, 1.54) is 31.4 Å². The molecule has 2 aromatic rings. The van der Waals surface area contributed by atoms with Crippen molar-refractivity contribution in [3.05, 3.63) is 65.5 Å². The molecule has 3 nitrogen and oxygen atoms in total. The third kappa shape index (κ3) is 4.90. The van der Waals surface area contributed by atoms with Gasteiger partial charge in [0.1, 0.15) is 5.82 Å². The molecule has 4 heteroatoms. The summed E-state index contributed by atoms with van der Waals surface area (Å²) in [6, 6.07) is 14.4.